The second-order valence-corrected chi connectivity index (χ2v) is 14.5. The number of halogens is 2. The van der Waals surface area contributed by atoms with Crippen LogP contribution in [0.25, 0.3) is 44.6 Å². The highest BCUT2D eigenvalue weighted by molar-refractivity contribution is 6.39. The number of carbonyl (C=O) groups excluding carboxylic acids is 1. The van der Waals surface area contributed by atoms with Gasteiger partial charge in [-0.2, -0.15) is 5.26 Å². The van der Waals surface area contributed by atoms with Crippen molar-refractivity contribution in [3.63, 3.8) is 0 Å². The lowest BCUT2D eigenvalue weighted by molar-refractivity contribution is -0.144. The third kappa shape index (κ3) is 6.76. The van der Waals surface area contributed by atoms with E-state index in [-0.39, 0.29) is 30.6 Å². The summed E-state index contributed by atoms with van der Waals surface area (Å²) in [7, 11) is 1.89. The van der Waals surface area contributed by atoms with E-state index in [0.29, 0.717) is 80.0 Å². The molecule has 1 fully saturated rings. The Morgan fingerprint density at radius 1 is 1.11 bits per heavy atom. The number of aromatic nitrogens is 3. The topological polar surface area (TPSA) is 141 Å². The number of likely N-dealkylation sites (tertiary alicyclic amines) is 1. The van der Waals surface area contributed by atoms with E-state index in [1.54, 1.807) is 13.1 Å². The molecule has 4 heterocycles. The third-order valence-corrected chi connectivity index (χ3v) is 11.1. The smallest absolute Gasteiger partial charge is 0.320 e. The number of rotatable bonds is 10. The van der Waals surface area contributed by atoms with Gasteiger partial charge in [-0.1, -0.05) is 47.5 Å². The van der Waals surface area contributed by atoms with E-state index in [4.69, 9.17) is 42.3 Å². The van der Waals surface area contributed by atoms with Crippen LogP contribution in [0.15, 0.2) is 71.4 Å². The van der Waals surface area contributed by atoms with E-state index < -0.39 is 0 Å². The number of fused-ring (bicyclic) bond motifs is 3. The first kappa shape index (κ1) is 35.9. The van der Waals surface area contributed by atoms with Crippen molar-refractivity contribution in [2.75, 3.05) is 38.6 Å². The lowest BCUT2D eigenvalue weighted by Crippen LogP contribution is -2.30. The summed E-state index contributed by atoms with van der Waals surface area (Å²) in [6, 6.07) is 19.5. The lowest BCUT2D eigenvalue weighted by atomic mass is 10.0. The van der Waals surface area contributed by atoms with Gasteiger partial charge in [0.1, 0.15) is 22.7 Å². The van der Waals surface area contributed by atoms with Crippen molar-refractivity contribution >= 4 is 62.7 Å². The first-order valence-electron chi connectivity index (χ1n) is 17.9. The number of ether oxygens (including phenoxy) is 1. The van der Waals surface area contributed by atoms with Crippen LogP contribution >= 0.6 is 23.2 Å². The molecule has 3 aromatic heterocycles. The van der Waals surface area contributed by atoms with E-state index in [1.165, 1.54) is 0 Å². The SMILES string of the molecule is CCOC(=O)CN(C)[C@H]1CCc2c1cc1nc(-c3cccc(-c4cccc(Nc5nccc6cc(CN7CC[C@@H](O)C7)cnc56)c4Cl)c3Cl)oc1c2C#N. The highest BCUT2D eigenvalue weighted by atomic mass is 35.5. The van der Waals surface area contributed by atoms with Gasteiger partial charge in [-0.25, -0.2) is 9.97 Å². The number of nitrogens with zero attached hydrogens (tertiary/aromatic N) is 6. The molecule has 1 aliphatic carbocycles. The Kier molecular flexibility index (Phi) is 9.96. The first-order valence-corrected chi connectivity index (χ1v) is 18.7. The fourth-order valence-electron chi connectivity index (χ4n) is 7.71. The summed E-state index contributed by atoms with van der Waals surface area (Å²) in [5, 5.41) is 25.4. The van der Waals surface area contributed by atoms with Crippen molar-refractivity contribution in [1.82, 2.24) is 24.8 Å². The van der Waals surface area contributed by atoms with Crippen LogP contribution in [0, 0.1) is 11.3 Å². The fraction of sp³-hybridized carbons (Fsp3) is 0.293. The van der Waals surface area contributed by atoms with E-state index in [1.807, 2.05) is 66.7 Å². The normalized spacial score (nSPS) is 17.0. The van der Waals surface area contributed by atoms with Crippen LogP contribution in [-0.2, 0) is 22.5 Å². The molecule has 6 aromatic rings. The first-order chi connectivity index (χ1) is 26.2. The minimum absolute atomic E-state index is 0.0658. The molecule has 1 aliphatic heterocycles. The molecule has 2 atom stereocenters. The fourth-order valence-corrected chi connectivity index (χ4v) is 8.29. The highest BCUT2D eigenvalue weighted by Crippen LogP contribution is 2.44. The Hall–Kier alpha value is -5.09. The van der Waals surface area contributed by atoms with Crippen molar-refractivity contribution in [1.29, 1.82) is 5.26 Å². The summed E-state index contributed by atoms with van der Waals surface area (Å²) in [5.41, 5.74) is 7.59. The van der Waals surface area contributed by atoms with Crippen LogP contribution in [0.5, 0.6) is 0 Å². The van der Waals surface area contributed by atoms with Crippen LogP contribution in [0.4, 0.5) is 11.5 Å². The Labute approximate surface area is 322 Å². The summed E-state index contributed by atoms with van der Waals surface area (Å²) in [6.45, 7) is 4.51. The van der Waals surface area contributed by atoms with E-state index in [2.05, 4.69) is 27.3 Å². The number of benzene rings is 3. The number of anilines is 2. The largest absolute Gasteiger partial charge is 0.465 e. The van der Waals surface area contributed by atoms with E-state index >= 15 is 0 Å². The molecule has 0 saturated carbocycles. The van der Waals surface area contributed by atoms with Gasteiger partial charge in [0.25, 0.3) is 0 Å². The molecule has 2 N–H and O–H groups in total. The Morgan fingerprint density at radius 2 is 1.91 bits per heavy atom. The molecule has 2 aliphatic rings. The minimum Gasteiger partial charge on any atom is -0.465 e. The Balaban J connectivity index is 1.09. The standard InChI is InChI=1S/C41H37Cl2N7O4/c1-3-53-35(52)22-49(2)34-11-10-26-30(34)17-33-39(31(26)18-44)54-41(48-33)29-8-4-6-27(36(29)42)28-7-5-9-32(37(28)43)47-40-38-24(12-14-45-40)16-23(19-46-38)20-50-15-13-25(51)21-50/h4-9,12,14,16-17,19,25,34,51H,3,10-11,13,15,20-22H2,1-2H3,(H,45,47)/t25-,34+/m1/s1. The van der Waals surface area contributed by atoms with Crippen molar-refractivity contribution < 1.29 is 19.1 Å². The third-order valence-electron chi connectivity index (χ3n) is 10.3. The zero-order valence-electron chi connectivity index (χ0n) is 29.8. The number of aliphatic hydroxyl groups is 1. The van der Waals surface area contributed by atoms with Gasteiger partial charge in [0.2, 0.25) is 5.89 Å². The molecule has 3 aromatic carbocycles. The molecule has 54 heavy (non-hydrogen) atoms. The molecule has 13 heteroatoms. The van der Waals surface area contributed by atoms with Gasteiger partial charge in [0.15, 0.2) is 11.4 Å². The number of β-amino-alcohol motifs (C(OH)–C–C–N with tert-alkyl or cyclic N) is 1. The summed E-state index contributed by atoms with van der Waals surface area (Å²) in [5.74, 6) is 0.558. The second kappa shape index (κ2) is 15.0. The van der Waals surface area contributed by atoms with Crippen molar-refractivity contribution in [2.45, 2.75) is 44.9 Å². The lowest BCUT2D eigenvalue weighted by Gasteiger charge is -2.24. The molecule has 0 unspecified atom stereocenters. The average molecular weight is 763 g/mol. The van der Waals surface area contributed by atoms with Crippen LogP contribution in [0.2, 0.25) is 10.0 Å². The van der Waals surface area contributed by atoms with Gasteiger partial charge in [-0.15, -0.1) is 0 Å². The maximum atomic E-state index is 12.2. The molecule has 8 rings (SSSR count). The maximum Gasteiger partial charge on any atom is 0.320 e. The molecular weight excluding hydrogens is 725 g/mol. The Morgan fingerprint density at radius 3 is 2.69 bits per heavy atom. The van der Waals surface area contributed by atoms with E-state index in [0.717, 1.165) is 48.0 Å². The van der Waals surface area contributed by atoms with Crippen LogP contribution < -0.4 is 5.32 Å². The molecule has 11 nitrogen and oxygen atoms in total. The number of carbonyl (C=O) groups is 1. The molecule has 0 spiro atoms. The number of pyridine rings is 2. The van der Waals surface area contributed by atoms with Gasteiger partial charge in [0.05, 0.1) is 40.6 Å². The predicted octanol–water partition coefficient (Wildman–Crippen LogP) is 8.08. The quantitative estimate of drug-likeness (QED) is 0.131. The van der Waals surface area contributed by atoms with Crippen LogP contribution in [-0.4, -0.2) is 75.2 Å². The predicted molar refractivity (Wildman–Crippen MR) is 209 cm³/mol. The van der Waals surface area contributed by atoms with Crippen LogP contribution in [0.1, 0.15) is 48.1 Å². The number of nitrogens with one attached hydrogen (secondary N) is 1. The summed E-state index contributed by atoms with van der Waals surface area (Å²) < 4.78 is 11.5. The van der Waals surface area contributed by atoms with Crippen molar-refractivity contribution in [2.24, 2.45) is 0 Å². The number of hydrogen-bond acceptors (Lipinski definition) is 11. The highest BCUT2D eigenvalue weighted by Gasteiger charge is 2.32. The average Bonchev–Trinajstić information content (AvgIpc) is 3.90. The summed E-state index contributed by atoms with van der Waals surface area (Å²) in [6.07, 6.45) is 5.55. The molecular formula is C41H37Cl2N7O4. The molecule has 1 saturated heterocycles. The summed E-state index contributed by atoms with van der Waals surface area (Å²) in [4.78, 5) is 30.6. The minimum atomic E-state index is -0.290. The second-order valence-electron chi connectivity index (χ2n) is 13.8. The number of oxazole rings is 1. The van der Waals surface area contributed by atoms with Gasteiger partial charge >= 0.3 is 5.97 Å². The van der Waals surface area contributed by atoms with Gasteiger partial charge in [-0.3, -0.25) is 19.6 Å². The molecule has 0 radical (unpaired) electrons. The van der Waals surface area contributed by atoms with E-state index in [9.17, 15) is 15.2 Å². The van der Waals surface area contributed by atoms with Gasteiger partial charge in [0, 0.05) is 54.6 Å². The van der Waals surface area contributed by atoms with Gasteiger partial charge < -0.3 is 19.6 Å². The van der Waals surface area contributed by atoms with Crippen molar-refractivity contribution in [3.05, 3.63) is 99.3 Å². The molecule has 0 bridgehead atoms. The number of likely N-dealkylation sites (N-methyl/N-ethyl adjacent to an activating group) is 1. The summed E-state index contributed by atoms with van der Waals surface area (Å²) >= 11 is 14.2. The number of hydrogen-bond donors (Lipinski definition) is 2. The monoisotopic (exact) mass is 761 g/mol. The number of aliphatic hydroxyl groups excluding tert-OH is 1. The zero-order valence-corrected chi connectivity index (χ0v) is 31.3. The Bertz CT molecular complexity index is 2460. The number of esters is 1. The molecule has 0 amide bonds. The van der Waals surface area contributed by atoms with Crippen molar-refractivity contribution in [3.8, 4) is 28.7 Å². The molecule has 274 valence electrons. The maximum absolute atomic E-state index is 12.2. The number of nitriles is 1. The van der Waals surface area contributed by atoms with Gasteiger partial charge in [-0.05, 0) is 80.3 Å². The van der Waals surface area contributed by atoms with Crippen LogP contribution in [0.3, 0.4) is 0 Å². The zero-order chi connectivity index (χ0) is 37.5.